The molecule has 1 rings (SSSR count). The van der Waals surface area contributed by atoms with Gasteiger partial charge in [0.1, 0.15) is 0 Å². The molecular weight excluding hydrogens is 184 g/mol. The number of nitrogens with zero attached hydrogens (tertiary/aromatic N) is 2. The lowest BCUT2D eigenvalue weighted by Crippen LogP contribution is -1.96. The Morgan fingerprint density at radius 1 is 1.73 bits per heavy atom. The maximum Gasteiger partial charge on any atom is 0.328 e. The molecule has 0 saturated heterocycles. The van der Waals surface area contributed by atoms with Crippen LogP contribution in [0, 0.1) is 0 Å². The van der Waals surface area contributed by atoms with Crippen molar-refractivity contribution in [3.8, 4) is 0 Å². The van der Waals surface area contributed by atoms with Crippen molar-refractivity contribution < 1.29 is 9.58 Å². The molecule has 0 amide bonds. The average molecular weight is 187 g/mol. The van der Waals surface area contributed by atoms with Gasteiger partial charge < -0.3 is 5.53 Å². The molecule has 0 aliphatic heterocycles. The first-order valence-corrected chi connectivity index (χ1v) is 3.90. The Hall–Kier alpha value is -0.960. The van der Waals surface area contributed by atoms with Gasteiger partial charge in [0, 0.05) is 0 Å². The van der Waals surface area contributed by atoms with Crippen LogP contribution in [0.1, 0.15) is 9.67 Å². The summed E-state index contributed by atoms with van der Waals surface area (Å²) in [6.07, 6.45) is 0.835. The van der Waals surface area contributed by atoms with E-state index in [-0.39, 0.29) is 5.78 Å². The molecule has 3 nitrogen and oxygen atoms in total. The number of thiophene rings is 1. The Morgan fingerprint density at radius 2 is 2.45 bits per heavy atom. The fraction of sp³-hybridized carbons (Fsp3) is 0. The molecule has 1 aromatic heterocycles. The van der Waals surface area contributed by atoms with E-state index in [4.69, 9.17) is 17.1 Å². The molecule has 0 aromatic carbocycles. The highest BCUT2D eigenvalue weighted by Crippen LogP contribution is 2.20. The Balaban J connectivity index is 2.93. The monoisotopic (exact) mass is 186 g/mol. The van der Waals surface area contributed by atoms with Gasteiger partial charge in [-0.05, 0) is 12.1 Å². The van der Waals surface area contributed by atoms with E-state index >= 15 is 0 Å². The zero-order valence-electron chi connectivity index (χ0n) is 5.32. The standard InChI is InChI=1S/C6H3ClN2OS/c7-6-2-1-5(11-6)4(10)3-9-8/h1-3H. The van der Waals surface area contributed by atoms with Crippen molar-refractivity contribution in [2.45, 2.75) is 0 Å². The maximum atomic E-state index is 10.9. The molecule has 0 aliphatic carbocycles. The largest absolute Gasteiger partial charge is 0.361 e. The first kappa shape index (κ1) is 8.14. The third kappa shape index (κ3) is 1.98. The highest BCUT2D eigenvalue weighted by Gasteiger charge is 2.08. The zero-order valence-corrected chi connectivity index (χ0v) is 6.89. The van der Waals surface area contributed by atoms with Gasteiger partial charge in [-0.15, -0.1) is 11.3 Å². The average Bonchev–Trinajstić information content (AvgIpc) is 2.36. The fourth-order valence-electron chi connectivity index (χ4n) is 0.563. The lowest BCUT2D eigenvalue weighted by atomic mass is 10.3. The van der Waals surface area contributed by atoms with Crippen LogP contribution in [0.5, 0.6) is 0 Å². The third-order valence-electron chi connectivity index (χ3n) is 0.991. The SMILES string of the molecule is [N-]=[N+]=CC(=O)c1ccc(Cl)s1. The van der Waals surface area contributed by atoms with Crippen LogP contribution in [0.25, 0.3) is 5.53 Å². The highest BCUT2D eigenvalue weighted by atomic mass is 35.5. The van der Waals surface area contributed by atoms with Crippen molar-refractivity contribution in [1.29, 1.82) is 0 Å². The predicted molar refractivity (Wildman–Crippen MR) is 43.3 cm³/mol. The highest BCUT2D eigenvalue weighted by molar-refractivity contribution is 7.18. The van der Waals surface area contributed by atoms with Gasteiger partial charge in [-0.25, -0.2) is 0 Å². The molecular formula is C6H3ClN2OS. The van der Waals surface area contributed by atoms with E-state index in [2.05, 4.69) is 4.79 Å². The minimum Gasteiger partial charge on any atom is -0.361 e. The number of rotatable bonds is 2. The van der Waals surface area contributed by atoms with E-state index < -0.39 is 0 Å². The third-order valence-corrected chi connectivity index (χ3v) is 2.24. The van der Waals surface area contributed by atoms with E-state index in [9.17, 15) is 4.79 Å². The fourth-order valence-corrected chi connectivity index (χ4v) is 1.51. The predicted octanol–water partition coefficient (Wildman–Crippen LogP) is 1.88. The number of hydrogen-bond acceptors (Lipinski definition) is 2. The Kier molecular flexibility index (Phi) is 2.54. The molecule has 1 heterocycles. The number of Topliss-reactive ketones (excluding diaryl/α,β-unsaturated/α-hetero) is 1. The number of ketones is 1. The van der Waals surface area contributed by atoms with E-state index in [1.165, 1.54) is 0 Å². The summed E-state index contributed by atoms with van der Waals surface area (Å²) < 4.78 is 0.541. The van der Waals surface area contributed by atoms with Gasteiger partial charge in [0.15, 0.2) is 0 Å². The lowest BCUT2D eigenvalue weighted by molar-refractivity contribution is 0.00239. The van der Waals surface area contributed by atoms with Crippen molar-refractivity contribution in [2.24, 2.45) is 0 Å². The minimum atomic E-state index is -0.343. The van der Waals surface area contributed by atoms with E-state index in [1.54, 1.807) is 12.1 Å². The Bertz CT molecular complexity index is 327. The molecule has 0 bridgehead atoms. The van der Waals surface area contributed by atoms with Crippen molar-refractivity contribution in [3.05, 3.63) is 26.9 Å². The number of hydrogen-bond donors (Lipinski definition) is 0. The normalized spacial score (nSPS) is 8.82. The van der Waals surface area contributed by atoms with Gasteiger partial charge >= 0.3 is 6.21 Å². The summed E-state index contributed by atoms with van der Waals surface area (Å²) in [5, 5.41) is 0. The number of halogens is 1. The van der Waals surface area contributed by atoms with E-state index in [0.717, 1.165) is 17.6 Å². The van der Waals surface area contributed by atoms with Crippen LogP contribution in [0.15, 0.2) is 12.1 Å². The molecule has 0 fully saturated rings. The molecule has 0 N–H and O–H groups in total. The number of carbonyl (C=O) groups excluding carboxylic acids is 1. The molecule has 56 valence electrons. The maximum absolute atomic E-state index is 10.9. The molecule has 0 atom stereocenters. The first-order valence-electron chi connectivity index (χ1n) is 2.71. The van der Waals surface area contributed by atoms with Crippen molar-refractivity contribution >= 4 is 34.9 Å². The summed E-state index contributed by atoms with van der Waals surface area (Å²) in [5.41, 5.74) is 8.03. The van der Waals surface area contributed by atoms with Crippen molar-refractivity contribution in [2.75, 3.05) is 0 Å². The summed E-state index contributed by atoms with van der Waals surface area (Å²) in [6.45, 7) is 0. The van der Waals surface area contributed by atoms with Gasteiger partial charge in [0.2, 0.25) is 0 Å². The molecule has 5 heteroatoms. The number of carbonyl (C=O) groups is 1. The smallest absolute Gasteiger partial charge is 0.328 e. The van der Waals surface area contributed by atoms with Crippen LogP contribution in [0.2, 0.25) is 4.34 Å². The van der Waals surface area contributed by atoms with Gasteiger partial charge in [-0.1, -0.05) is 11.6 Å². The second kappa shape index (κ2) is 3.44. The summed E-state index contributed by atoms with van der Waals surface area (Å²) in [6, 6.07) is 3.20. The Morgan fingerprint density at radius 3 is 2.91 bits per heavy atom. The summed E-state index contributed by atoms with van der Waals surface area (Å²) in [7, 11) is 0. The molecule has 1 aromatic rings. The minimum absolute atomic E-state index is 0.343. The van der Waals surface area contributed by atoms with E-state index in [1.807, 2.05) is 0 Å². The second-order valence-corrected chi connectivity index (χ2v) is 3.43. The van der Waals surface area contributed by atoms with Crippen LogP contribution in [0.4, 0.5) is 0 Å². The summed E-state index contributed by atoms with van der Waals surface area (Å²) in [4.78, 5) is 14.0. The topological polar surface area (TPSA) is 53.5 Å². The Labute approximate surface area is 71.8 Å². The van der Waals surface area contributed by atoms with Crippen LogP contribution < -0.4 is 0 Å². The van der Waals surface area contributed by atoms with Gasteiger partial charge in [-0.2, -0.15) is 4.79 Å². The van der Waals surface area contributed by atoms with Crippen molar-refractivity contribution in [3.63, 3.8) is 0 Å². The van der Waals surface area contributed by atoms with Crippen LogP contribution in [-0.4, -0.2) is 16.8 Å². The van der Waals surface area contributed by atoms with Crippen LogP contribution in [-0.2, 0) is 0 Å². The molecule has 0 saturated carbocycles. The molecule has 11 heavy (non-hydrogen) atoms. The zero-order chi connectivity index (χ0) is 8.27. The van der Waals surface area contributed by atoms with E-state index in [0.29, 0.717) is 9.21 Å². The molecule has 0 unspecified atom stereocenters. The lowest BCUT2D eigenvalue weighted by Gasteiger charge is -1.77. The first-order chi connectivity index (χ1) is 5.24. The summed E-state index contributed by atoms with van der Waals surface area (Å²) >= 11 is 6.71. The van der Waals surface area contributed by atoms with Crippen LogP contribution in [0.3, 0.4) is 0 Å². The molecule has 0 spiro atoms. The quantitative estimate of drug-likeness (QED) is 0.301. The van der Waals surface area contributed by atoms with Crippen molar-refractivity contribution in [1.82, 2.24) is 0 Å². The van der Waals surface area contributed by atoms with Crippen LogP contribution >= 0.6 is 22.9 Å². The second-order valence-electron chi connectivity index (χ2n) is 1.71. The van der Waals surface area contributed by atoms with Gasteiger partial charge in [0.05, 0.1) is 9.21 Å². The van der Waals surface area contributed by atoms with Gasteiger partial charge in [-0.3, -0.25) is 4.79 Å². The summed E-state index contributed by atoms with van der Waals surface area (Å²) in [5.74, 6) is -0.343. The van der Waals surface area contributed by atoms with Gasteiger partial charge in [0.25, 0.3) is 5.78 Å². The molecule has 0 radical (unpaired) electrons. The molecule has 0 aliphatic rings.